The normalized spacial score (nSPS) is 10.1. The van der Waals surface area contributed by atoms with Gasteiger partial charge in [-0.25, -0.2) is 0 Å². The number of benzene rings is 1. The summed E-state index contributed by atoms with van der Waals surface area (Å²) in [6.45, 7) is 0.634. The van der Waals surface area contributed by atoms with Crippen molar-refractivity contribution in [3.63, 3.8) is 0 Å². The maximum atomic E-state index is 11.8. The van der Waals surface area contributed by atoms with E-state index in [1.807, 2.05) is 0 Å². The first-order valence-corrected chi connectivity index (χ1v) is 6.89. The standard InChI is InChI=1S/C12H13Cl3N2O2/c13-4-3-11(18)16-5-6-17-12(19)9-7-8(14)1-2-10(9)15/h1-2,7H,3-6H2,(H,16,18)(H,17,19). The molecule has 0 unspecified atom stereocenters. The van der Waals surface area contributed by atoms with Crippen LogP contribution in [0.3, 0.4) is 0 Å². The Morgan fingerprint density at radius 2 is 1.79 bits per heavy atom. The second-order valence-corrected chi connectivity index (χ2v) is 4.89. The van der Waals surface area contributed by atoms with Crippen molar-refractivity contribution < 1.29 is 9.59 Å². The highest BCUT2D eigenvalue weighted by atomic mass is 35.5. The summed E-state index contributed by atoms with van der Waals surface area (Å²) >= 11 is 17.1. The van der Waals surface area contributed by atoms with Crippen LogP contribution in [0.5, 0.6) is 0 Å². The number of amides is 2. The van der Waals surface area contributed by atoms with E-state index in [4.69, 9.17) is 34.8 Å². The van der Waals surface area contributed by atoms with Crippen LogP contribution in [-0.4, -0.2) is 30.8 Å². The van der Waals surface area contributed by atoms with Gasteiger partial charge in [0.1, 0.15) is 0 Å². The number of rotatable bonds is 6. The van der Waals surface area contributed by atoms with Crippen molar-refractivity contribution >= 4 is 46.6 Å². The maximum absolute atomic E-state index is 11.8. The first-order chi connectivity index (χ1) is 9.04. The van der Waals surface area contributed by atoms with E-state index in [1.54, 1.807) is 12.1 Å². The molecule has 4 nitrogen and oxygen atoms in total. The highest BCUT2D eigenvalue weighted by Gasteiger charge is 2.10. The fraction of sp³-hybridized carbons (Fsp3) is 0.333. The smallest absolute Gasteiger partial charge is 0.252 e. The van der Waals surface area contributed by atoms with Gasteiger partial charge in [-0.15, -0.1) is 11.6 Å². The van der Waals surface area contributed by atoms with E-state index in [0.29, 0.717) is 28.7 Å². The number of carbonyl (C=O) groups excluding carboxylic acids is 2. The van der Waals surface area contributed by atoms with E-state index in [-0.39, 0.29) is 24.1 Å². The quantitative estimate of drug-likeness (QED) is 0.624. The van der Waals surface area contributed by atoms with Gasteiger partial charge in [0.25, 0.3) is 5.91 Å². The Balaban J connectivity index is 2.39. The summed E-state index contributed by atoms with van der Waals surface area (Å²) in [6.07, 6.45) is 0.260. The molecule has 7 heteroatoms. The fourth-order valence-corrected chi connectivity index (χ4v) is 1.87. The predicted octanol–water partition coefficient (Wildman–Crippen LogP) is 2.47. The molecule has 0 aliphatic heterocycles. The van der Waals surface area contributed by atoms with Crippen molar-refractivity contribution in [2.24, 2.45) is 0 Å². The number of alkyl halides is 1. The van der Waals surface area contributed by atoms with E-state index in [1.165, 1.54) is 6.07 Å². The van der Waals surface area contributed by atoms with E-state index in [0.717, 1.165) is 0 Å². The van der Waals surface area contributed by atoms with E-state index in [9.17, 15) is 9.59 Å². The van der Waals surface area contributed by atoms with Crippen LogP contribution in [0.25, 0.3) is 0 Å². The Labute approximate surface area is 126 Å². The molecular weight excluding hydrogens is 311 g/mol. The minimum absolute atomic E-state index is 0.148. The van der Waals surface area contributed by atoms with Crippen molar-refractivity contribution in [1.29, 1.82) is 0 Å². The van der Waals surface area contributed by atoms with Gasteiger partial charge in [0.05, 0.1) is 10.6 Å². The van der Waals surface area contributed by atoms with Gasteiger partial charge in [-0.3, -0.25) is 9.59 Å². The topological polar surface area (TPSA) is 58.2 Å². The zero-order valence-electron chi connectivity index (χ0n) is 10.0. The van der Waals surface area contributed by atoms with E-state index in [2.05, 4.69) is 10.6 Å². The zero-order chi connectivity index (χ0) is 14.3. The molecule has 0 spiro atoms. The van der Waals surface area contributed by atoms with Gasteiger partial charge in [-0.1, -0.05) is 23.2 Å². The van der Waals surface area contributed by atoms with Gasteiger partial charge in [0, 0.05) is 30.4 Å². The molecule has 1 aromatic rings. The number of carbonyl (C=O) groups is 2. The SMILES string of the molecule is O=C(CCCl)NCCNC(=O)c1cc(Cl)ccc1Cl. The third-order valence-corrected chi connectivity index (χ3v) is 2.98. The largest absolute Gasteiger partial charge is 0.354 e. The minimum atomic E-state index is -0.334. The molecule has 1 rings (SSSR count). The Morgan fingerprint density at radius 3 is 2.47 bits per heavy atom. The van der Waals surface area contributed by atoms with Crippen LogP contribution >= 0.6 is 34.8 Å². The molecule has 0 bridgehead atoms. The molecule has 104 valence electrons. The number of hydrogen-bond donors (Lipinski definition) is 2. The summed E-state index contributed by atoms with van der Waals surface area (Å²) in [5.74, 6) is -0.208. The van der Waals surface area contributed by atoms with Crippen LogP contribution in [0.15, 0.2) is 18.2 Å². The molecular formula is C12H13Cl3N2O2. The molecule has 0 saturated carbocycles. The third kappa shape index (κ3) is 5.68. The summed E-state index contributed by atoms with van der Waals surface area (Å²) in [4.78, 5) is 22.9. The number of halogens is 3. The molecule has 0 aliphatic rings. The van der Waals surface area contributed by atoms with E-state index < -0.39 is 0 Å². The lowest BCUT2D eigenvalue weighted by atomic mass is 10.2. The van der Waals surface area contributed by atoms with Crippen molar-refractivity contribution in [3.05, 3.63) is 33.8 Å². The summed E-state index contributed by atoms with van der Waals surface area (Å²) < 4.78 is 0. The van der Waals surface area contributed by atoms with Crippen LogP contribution in [0.2, 0.25) is 10.0 Å². The van der Waals surface area contributed by atoms with Crippen LogP contribution in [0.1, 0.15) is 16.8 Å². The average molecular weight is 324 g/mol. The molecule has 0 saturated heterocycles. The monoisotopic (exact) mass is 322 g/mol. The Morgan fingerprint density at radius 1 is 1.11 bits per heavy atom. The number of nitrogens with one attached hydrogen (secondary N) is 2. The lowest BCUT2D eigenvalue weighted by Gasteiger charge is -2.08. The summed E-state index contributed by atoms with van der Waals surface area (Å²) in [5, 5.41) is 6.02. The molecule has 0 atom stereocenters. The Hall–Kier alpha value is -0.970. The minimum Gasteiger partial charge on any atom is -0.354 e. The first kappa shape index (κ1) is 16.1. The Kier molecular flexibility index (Phi) is 6.99. The van der Waals surface area contributed by atoms with Gasteiger partial charge in [-0.2, -0.15) is 0 Å². The summed E-state index contributed by atoms with van der Waals surface area (Å²) in [7, 11) is 0. The van der Waals surface area contributed by atoms with Gasteiger partial charge in [0.2, 0.25) is 5.91 Å². The van der Waals surface area contributed by atoms with Crippen molar-refractivity contribution in [3.8, 4) is 0 Å². The van der Waals surface area contributed by atoms with Crippen molar-refractivity contribution in [2.75, 3.05) is 19.0 Å². The maximum Gasteiger partial charge on any atom is 0.252 e. The third-order valence-electron chi connectivity index (χ3n) is 2.23. The second-order valence-electron chi connectivity index (χ2n) is 3.67. The molecule has 0 aromatic heterocycles. The van der Waals surface area contributed by atoms with Crippen LogP contribution in [0.4, 0.5) is 0 Å². The average Bonchev–Trinajstić information content (AvgIpc) is 2.37. The van der Waals surface area contributed by atoms with Crippen LogP contribution in [-0.2, 0) is 4.79 Å². The zero-order valence-corrected chi connectivity index (χ0v) is 12.3. The highest BCUT2D eigenvalue weighted by molar-refractivity contribution is 6.35. The molecule has 0 heterocycles. The Bertz CT molecular complexity index is 466. The lowest BCUT2D eigenvalue weighted by Crippen LogP contribution is -2.34. The van der Waals surface area contributed by atoms with Gasteiger partial charge >= 0.3 is 0 Å². The number of hydrogen-bond acceptors (Lipinski definition) is 2. The molecule has 2 N–H and O–H groups in total. The van der Waals surface area contributed by atoms with Crippen LogP contribution in [0, 0.1) is 0 Å². The van der Waals surface area contributed by atoms with Crippen LogP contribution < -0.4 is 10.6 Å². The van der Waals surface area contributed by atoms with Gasteiger partial charge in [-0.05, 0) is 18.2 Å². The summed E-state index contributed by atoms with van der Waals surface area (Å²) in [5.41, 5.74) is 0.307. The van der Waals surface area contributed by atoms with E-state index >= 15 is 0 Å². The van der Waals surface area contributed by atoms with Gasteiger partial charge < -0.3 is 10.6 Å². The molecule has 19 heavy (non-hydrogen) atoms. The van der Waals surface area contributed by atoms with Gasteiger partial charge in [0.15, 0.2) is 0 Å². The molecule has 0 radical (unpaired) electrons. The van der Waals surface area contributed by atoms with Crippen molar-refractivity contribution in [1.82, 2.24) is 10.6 Å². The molecule has 2 amide bonds. The highest BCUT2D eigenvalue weighted by Crippen LogP contribution is 2.20. The summed E-state index contributed by atoms with van der Waals surface area (Å²) in [6, 6.07) is 4.65. The second kappa shape index (κ2) is 8.25. The first-order valence-electron chi connectivity index (χ1n) is 5.60. The predicted molar refractivity (Wildman–Crippen MR) is 77.1 cm³/mol. The molecule has 0 aliphatic carbocycles. The van der Waals surface area contributed by atoms with Crippen molar-refractivity contribution in [2.45, 2.75) is 6.42 Å². The molecule has 0 fully saturated rings. The molecule has 1 aromatic carbocycles. The lowest BCUT2D eigenvalue weighted by molar-refractivity contribution is -0.120. The fourth-order valence-electron chi connectivity index (χ4n) is 1.32.